The summed E-state index contributed by atoms with van der Waals surface area (Å²) >= 11 is 0. The van der Waals surface area contributed by atoms with Gasteiger partial charge in [0.2, 0.25) is 0 Å². The van der Waals surface area contributed by atoms with Crippen LogP contribution in [0.5, 0.6) is 17.8 Å². The molecule has 64 valence electrons. The quantitative estimate of drug-likeness (QED) is 0.619. The Morgan fingerprint density at radius 3 is 3.00 bits per heavy atom. The summed E-state index contributed by atoms with van der Waals surface area (Å²) in [5, 5.41) is 0. The van der Waals surface area contributed by atoms with Gasteiger partial charge in [-0.1, -0.05) is 0 Å². The molecule has 0 saturated carbocycles. The van der Waals surface area contributed by atoms with E-state index in [0.717, 1.165) is 0 Å². The van der Waals surface area contributed by atoms with Gasteiger partial charge >= 0.3 is 13.8 Å². The van der Waals surface area contributed by atoms with Crippen LogP contribution in [0, 0.1) is 0 Å². The molecule has 0 aliphatic carbocycles. The van der Waals surface area contributed by atoms with Crippen molar-refractivity contribution in [2.75, 3.05) is 0 Å². The largest absolute Gasteiger partial charge is 0.652 e. The van der Waals surface area contributed by atoms with Crippen LogP contribution in [0.2, 0.25) is 0 Å². The fraction of sp³-hybridized carbons (Fsp3) is 0.400. The Hall–Kier alpha value is -1.16. The summed E-state index contributed by atoms with van der Waals surface area (Å²) < 4.78 is 27.7. The Kier molecular flexibility index (Phi) is 0.855. The fourth-order valence-electron chi connectivity index (χ4n) is 1.26. The van der Waals surface area contributed by atoms with E-state index in [-0.39, 0.29) is 5.88 Å². The van der Waals surface area contributed by atoms with Crippen LogP contribution in [-0.4, -0.2) is 9.55 Å². The first kappa shape index (κ1) is 6.37. The first-order valence-corrected chi connectivity index (χ1v) is 4.97. The van der Waals surface area contributed by atoms with Crippen molar-refractivity contribution < 1.29 is 18.1 Å². The molecule has 1 unspecified atom stereocenters. The van der Waals surface area contributed by atoms with Crippen molar-refractivity contribution >= 4 is 7.82 Å². The Morgan fingerprint density at radius 2 is 2.33 bits per heavy atom. The maximum Gasteiger partial charge on any atom is 0.652 e. The first-order chi connectivity index (χ1) is 5.72. The van der Waals surface area contributed by atoms with E-state index in [1.165, 1.54) is 0 Å². The summed E-state index contributed by atoms with van der Waals surface area (Å²) in [6.45, 7) is 2.56. The molecular weight excluding hydrogens is 183 g/mol. The maximum absolute atomic E-state index is 11.3. The van der Waals surface area contributed by atoms with Crippen LogP contribution in [-0.2, 0) is 11.1 Å². The molecule has 0 spiro atoms. The molecule has 7 heteroatoms. The monoisotopic (exact) mass is 188 g/mol. The van der Waals surface area contributed by atoms with E-state index < -0.39 is 7.82 Å². The van der Waals surface area contributed by atoms with Crippen molar-refractivity contribution in [1.29, 1.82) is 0 Å². The van der Waals surface area contributed by atoms with Crippen LogP contribution < -0.4 is 13.6 Å². The lowest BCUT2D eigenvalue weighted by atomic mass is 10.7. The summed E-state index contributed by atoms with van der Waals surface area (Å²) in [6, 6.07) is 0.323. The highest BCUT2D eigenvalue weighted by atomic mass is 31.2. The van der Waals surface area contributed by atoms with E-state index in [9.17, 15) is 4.57 Å². The molecule has 0 N–H and O–H groups in total. The number of phosphoric acid groups is 1. The van der Waals surface area contributed by atoms with E-state index in [1.807, 2.05) is 6.92 Å². The second-order valence-corrected chi connectivity index (χ2v) is 3.91. The van der Waals surface area contributed by atoms with Crippen molar-refractivity contribution in [3.8, 4) is 17.8 Å². The van der Waals surface area contributed by atoms with Crippen molar-refractivity contribution in [2.45, 2.75) is 13.5 Å². The van der Waals surface area contributed by atoms with Gasteiger partial charge in [0.05, 0.1) is 0 Å². The van der Waals surface area contributed by atoms with Gasteiger partial charge in [-0.3, -0.25) is 4.57 Å². The minimum Gasteiger partial charge on any atom is -0.363 e. The average Bonchev–Trinajstić information content (AvgIpc) is 2.35. The lowest BCUT2D eigenvalue weighted by Gasteiger charge is -2.16. The molecule has 3 aliphatic rings. The minimum absolute atomic E-state index is 0.279. The van der Waals surface area contributed by atoms with E-state index >= 15 is 0 Å². The van der Waals surface area contributed by atoms with Crippen molar-refractivity contribution in [3.63, 3.8) is 0 Å². The summed E-state index contributed by atoms with van der Waals surface area (Å²) in [6.07, 6.45) is 0. The standard InChI is InChI=1S/C5H5N2O4P/c1-2-7-4-3-6-5(7)11-12(8,9-3)10-4/h2H2,1H3. The third-order valence-electron chi connectivity index (χ3n) is 1.76. The molecule has 1 atom stereocenters. The Morgan fingerprint density at radius 1 is 1.50 bits per heavy atom. The molecule has 3 aliphatic heterocycles. The van der Waals surface area contributed by atoms with Crippen LogP contribution in [0.15, 0.2) is 0 Å². The molecule has 0 saturated heterocycles. The molecule has 1 aromatic rings. The van der Waals surface area contributed by atoms with Gasteiger partial charge in [0.15, 0.2) is 0 Å². The molecule has 0 aromatic carbocycles. The van der Waals surface area contributed by atoms with E-state index in [0.29, 0.717) is 18.4 Å². The number of nitrogens with zero attached hydrogens (tertiary/aromatic N) is 2. The smallest absolute Gasteiger partial charge is 0.363 e. The normalized spacial score (nSPS) is 28.1. The number of aromatic nitrogens is 2. The number of imidazole rings is 1. The zero-order chi connectivity index (χ0) is 8.34. The third-order valence-corrected chi connectivity index (χ3v) is 2.94. The Balaban J connectivity index is 2.31. The van der Waals surface area contributed by atoms with Gasteiger partial charge in [-0.25, -0.2) is 0 Å². The van der Waals surface area contributed by atoms with E-state index in [2.05, 4.69) is 4.98 Å². The summed E-state index contributed by atoms with van der Waals surface area (Å²) in [5.41, 5.74) is 0. The number of rotatable bonds is 1. The van der Waals surface area contributed by atoms with E-state index in [4.69, 9.17) is 13.6 Å². The van der Waals surface area contributed by atoms with Crippen LogP contribution in [0.25, 0.3) is 0 Å². The lowest BCUT2D eigenvalue weighted by molar-refractivity contribution is 0.273. The van der Waals surface area contributed by atoms with Gasteiger partial charge in [0, 0.05) is 6.54 Å². The lowest BCUT2D eigenvalue weighted by Crippen LogP contribution is -2.13. The SMILES string of the molecule is CCn1c2nc3c1OP(=O)(O3)O2. The van der Waals surface area contributed by atoms with Gasteiger partial charge in [0.25, 0.3) is 11.8 Å². The molecule has 1 aromatic heterocycles. The minimum atomic E-state index is -3.32. The van der Waals surface area contributed by atoms with Crippen LogP contribution >= 0.6 is 7.82 Å². The van der Waals surface area contributed by atoms with Gasteiger partial charge in [0.1, 0.15) is 0 Å². The van der Waals surface area contributed by atoms with Crippen LogP contribution in [0.3, 0.4) is 0 Å². The fourth-order valence-corrected chi connectivity index (χ4v) is 2.43. The zero-order valence-electron chi connectivity index (χ0n) is 6.18. The predicted octanol–water partition coefficient (Wildman–Crippen LogP) is 1.17. The van der Waals surface area contributed by atoms with Crippen molar-refractivity contribution in [3.05, 3.63) is 0 Å². The highest BCUT2D eigenvalue weighted by Gasteiger charge is 2.51. The molecule has 0 amide bonds. The van der Waals surface area contributed by atoms with Crippen molar-refractivity contribution in [2.24, 2.45) is 0 Å². The molecular formula is C5H5N2O4P. The topological polar surface area (TPSA) is 62.6 Å². The first-order valence-electron chi connectivity index (χ1n) is 3.51. The molecule has 4 rings (SSSR count). The molecule has 0 radical (unpaired) electrons. The Labute approximate surface area is 67.7 Å². The van der Waals surface area contributed by atoms with E-state index in [1.54, 1.807) is 4.57 Å². The molecule has 6 nitrogen and oxygen atoms in total. The second kappa shape index (κ2) is 1.61. The highest BCUT2D eigenvalue weighted by molar-refractivity contribution is 7.50. The Bertz CT molecular complexity index is 406. The van der Waals surface area contributed by atoms with Gasteiger partial charge in [-0.2, -0.15) is 9.55 Å². The van der Waals surface area contributed by atoms with Gasteiger partial charge < -0.3 is 13.6 Å². The number of hydrogen-bond acceptors (Lipinski definition) is 5. The van der Waals surface area contributed by atoms with Crippen LogP contribution in [0.4, 0.5) is 0 Å². The third kappa shape index (κ3) is 0.536. The predicted molar refractivity (Wildman–Crippen MR) is 37.4 cm³/mol. The second-order valence-electron chi connectivity index (χ2n) is 2.47. The van der Waals surface area contributed by atoms with Crippen LogP contribution in [0.1, 0.15) is 6.92 Å². The van der Waals surface area contributed by atoms with Crippen molar-refractivity contribution in [1.82, 2.24) is 9.55 Å². The molecule has 0 fully saturated rings. The van der Waals surface area contributed by atoms with Gasteiger partial charge in [-0.05, 0) is 6.92 Å². The molecule has 12 heavy (non-hydrogen) atoms. The summed E-state index contributed by atoms with van der Waals surface area (Å²) in [4.78, 5) is 3.89. The number of hydrogen-bond donors (Lipinski definition) is 0. The average molecular weight is 188 g/mol. The maximum atomic E-state index is 11.3. The summed E-state index contributed by atoms with van der Waals surface area (Å²) in [5.74, 6) is 0.698. The zero-order valence-corrected chi connectivity index (χ0v) is 7.08. The molecule has 4 bridgehead atoms. The summed E-state index contributed by atoms with van der Waals surface area (Å²) in [7, 11) is -3.32. The number of phosphoric ester groups is 1. The highest BCUT2D eigenvalue weighted by Crippen LogP contribution is 2.63. The van der Waals surface area contributed by atoms with Gasteiger partial charge in [-0.15, -0.1) is 0 Å². The molecule has 4 heterocycles.